The average molecular weight is 263 g/mol. The summed E-state index contributed by atoms with van der Waals surface area (Å²) in [6.07, 6.45) is 3.52. The molecule has 1 aromatic rings. The van der Waals surface area contributed by atoms with Crippen LogP contribution in [0.15, 0.2) is 23.1 Å². The van der Waals surface area contributed by atoms with E-state index in [1.807, 2.05) is 11.8 Å². The van der Waals surface area contributed by atoms with Crippen molar-refractivity contribution in [3.63, 3.8) is 0 Å². The van der Waals surface area contributed by atoms with Gasteiger partial charge in [0.25, 0.3) is 11.5 Å². The smallest absolute Gasteiger partial charge is 0.263 e. The van der Waals surface area contributed by atoms with E-state index in [9.17, 15) is 9.59 Å². The zero-order valence-electron chi connectivity index (χ0n) is 11.6. The van der Waals surface area contributed by atoms with Crippen LogP contribution in [0.3, 0.4) is 0 Å². The number of pyridine rings is 1. The number of carbonyl (C=O) groups is 1. The van der Waals surface area contributed by atoms with Crippen LogP contribution in [0.5, 0.6) is 0 Å². The van der Waals surface area contributed by atoms with E-state index in [0.29, 0.717) is 6.54 Å². The van der Waals surface area contributed by atoms with Crippen LogP contribution < -0.4 is 10.9 Å². The normalized spacial score (nSPS) is 18.5. The van der Waals surface area contributed by atoms with Gasteiger partial charge in [0.2, 0.25) is 0 Å². The van der Waals surface area contributed by atoms with Gasteiger partial charge in [-0.2, -0.15) is 0 Å². The van der Waals surface area contributed by atoms with Crippen LogP contribution in [-0.2, 0) is 7.05 Å². The van der Waals surface area contributed by atoms with Gasteiger partial charge in [-0.25, -0.2) is 0 Å². The molecule has 5 heteroatoms. The molecule has 5 nitrogen and oxygen atoms in total. The average Bonchev–Trinajstić information content (AvgIpc) is 2.92. The third-order valence-corrected chi connectivity index (χ3v) is 3.55. The maximum absolute atomic E-state index is 12.6. The summed E-state index contributed by atoms with van der Waals surface area (Å²) in [5, 5.41) is 3.27. The molecule has 1 aliphatic heterocycles. The fraction of sp³-hybridized carbons (Fsp3) is 0.571. The molecule has 0 aromatic carbocycles. The van der Waals surface area contributed by atoms with E-state index in [1.54, 1.807) is 25.4 Å². The zero-order valence-corrected chi connectivity index (χ0v) is 11.6. The molecule has 1 atom stereocenters. The van der Waals surface area contributed by atoms with Crippen LogP contribution in [0.25, 0.3) is 0 Å². The Morgan fingerprint density at radius 3 is 3.00 bits per heavy atom. The second-order valence-electron chi connectivity index (χ2n) is 4.98. The van der Waals surface area contributed by atoms with Crippen molar-refractivity contribution in [1.82, 2.24) is 14.8 Å². The number of hydrogen-bond acceptors (Lipinski definition) is 3. The number of nitrogens with zero attached hydrogens (tertiary/aromatic N) is 2. The molecule has 1 N–H and O–H groups in total. The molecular weight excluding hydrogens is 242 g/mol. The lowest BCUT2D eigenvalue weighted by atomic mass is 10.1. The third-order valence-electron chi connectivity index (χ3n) is 3.55. The van der Waals surface area contributed by atoms with Gasteiger partial charge in [-0.1, -0.05) is 6.92 Å². The highest BCUT2D eigenvalue weighted by atomic mass is 16.2. The monoisotopic (exact) mass is 263 g/mol. The molecule has 1 aliphatic rings. The molecule has 1 unspecified atom stereocenters. The molecule has 0 spiro atoms. The summed E-state index contributed by atoms with van der Waals surface area (Å²) < 4.78 is 1.45. The quantitative estimate of drug-likeness (QED) is 0.865. The Morgan fingerprint density at radius 2 is 2.37 bits per heavy atom. The number of amides is 1. The summed E-state index contributed by atoms with van der Waals surface area (Å²) in [6, 6.07) is 3.57. The molecule has 19 heavy (non-hydrogen) atoms. The summed E-state index contributed by atoms with van der Waals surface area (Å²) >= 11 is 0. The van der Waals surface area contributed by atoms with Gasteiger partial charge in [0.1, 0.15) is 5.56 Å². The van der Waals surface area contributed by atoms with E-state index in [4.69, 9.17) is 0 Å². The summed E-state index contributed by atoms with van der Waals surface area (Å²) in [5.41, 5.74) is 0.0462. The Bertz CT molecular complexity index is 504. The highest BCUT2D eigenvalue weighted by Crippen LogP contribution is 2.12. The van der Waals surface area contributed by atoms with Gasteiger partial charge in [-0.15, -0.1) is 0 Å². The lowest BCUT2D eigenvalue weighted by Crippen LogP contribution is -2.44. The molecule has 0 saturated carbocycles. The van der Waals surface area contributed by atoms with Crippen LogP contribution in [0.4, 0.5) is 0 Å². The second kappa shape index (κ2) is 6.02. The first kappa shape index (κ1) is 13.8. The number of hydrogen-bond donors (Lipinski definition) is 1. The topological polar surface area (TPSA) is 54.3 Å². The molecule has 0 bridgehead atoms. The predicted octanol–water partition coefficient (Wildman–Crippen LogP) is 0.599. The van der Waals surface area contributed by atoms with Gasteiger partial charge in [-0.05, 0) is 31.5 Å². The highest BCUT2D eigenvalue weighted by Gasteiger charge is 2.27. The molecule has 2 rings (SSSR count). The number of carbonyl (C=O) groups excluding carboxylic acids is 1. The lowest BCUT2D eigenvalue weighted by Gasteiger charge is -2.28. The highest BCUT2D eigenvalue weighted by molar-refractivity contribution is 5.94. The summed E-state index contributed by atoms with van der Waals surface area (Å²) in [4.78, 5) is 26.5. The summed E-state index contributed by atoms with van der Waals surface area (Å²) in [6.45, 7) is 4.50. The van der Waals surface area contributed by atoms with Gasteiger partial charge in [0.15, 0.2) is 0 Å². The Hall–Kier alpha value is -1.62. The van der Waals surface area contributed by atoms with Crippen LogP contribution in [0.1, 0.15) is 30.1 Å². The Kier molecular flexibility index (Phi) is 4.37. The van der Waals surface area contributed by atoms with Crippen molar-refractivity contribution in [1.29, 1.82) is 0 Å². The van der Waals surface area contributed by atoms with Crippen molar-refractivity contribution in [3.05, 3.63) is 34.2 Å². The number of aryl methyl sites for hydroxylation is 1. The van der Waals surface area contributed by atoms with E-state index in [0.717, 1.165) is 25.9 Å². The molecule has 1 amide bonds. The Balaban J connectivity index is 2.28. The van der Waals surface area contributed by atoms with Crippen molar-refractivity contribution in [2.45, 2.75) is 25.8 Å². The van der Waals surface area contributed by atoms with Crippen molar-refractivity contribution >= 4 is 5.91 Å². The predicted molar refractivity (Wildman–Crippen MR) is 74.3 cm³/mol. The van der Waals surface area contributed by atoms with Crippen LogP contribution in [-0.4, -0.2) is 41.1 Å². The fourth-order valence-corrected chi connectivity index (χ4v) is 2.51. The Labute approximate surface area is 113 Å². The molecule has 1 fully saturated rings. The van der Waals surface area contributed by atoms with Gasteiger partial charge < -0.3 is 14.8 Å². The SMILES string of the molecule is CCCN(C(=O)c1cccn(C)c1=O)C1CCNC1. The first-order valence-electron chi connectivity index (χ1n) is 6.82. The maximum Gasteiger partial charge on any atom is 0.263 e. The standard InChI is InChI=1S/C14H21N3O2/c1-3-8-17(11-6-7-15-10-11)14(19)12-5-4-9-16(2)13(12)18/h4-5,9,11,15H,3,6-8,10H2,1-2H3. The molecule has 1 aromatic heterocycles. The van der Waals surface area contributed by atoms with Crippen molar-refractivity contribution in [2.75, 3.05) is 19.6 Å². The van der Waals surface area contributed by atoms with Crippen LogP contribution >= 0.6 is 0 Å². The van der Waals surface area contributed by atoms with Gasteiger partial charge in [-0.3, -0.25) is 9.59 Å². The third kappa shape index (κ3) is 2.87. The van der Waals surface area contributed by atoms with E-state index in [2.05, 4.69) is 5.32 Å². The molecule has 2 heterocycles. The van der Waals surface area contributed by atoms with Crippen molar-refractivity contribution in [3.8, 4) is 0 Å². The van der Waals surface area contributed by atoms with E-state index in [-0.39, 0.29) is 23.1 Å². The first-order valence-corrected chi connectivity index (χ1v) is 6.82. The number of nitrogens with one attached hydrogen (secondary N) is 1. The second-order valence-corrected chi connectivity index (χ2v) is 4.98. The van der Waals surface area contributed by atoms with Gasteiger partial charge in [0.05, 0.1) is 0 Å². The minimum absolute atomic E-state index is 0.142. The lowest BCUT2D eigenvalue weighted by molar-refractivity contribution is 0.0690. The summed E-state index contributed by atoms with van der Waals surface area (Å²) in [5.74, 6) is -0.142. The maximum atomic E-state index is 12.6. The molecule has 0 radical (unpaired) electrons. The van der Waals surface area contributed by atoms with Gasteiger partial charge in [0, 0.05) is 32.4 Å². The van der Waals surface area contributed by atoms with Gasteiger partial charge >= 0.3 is 0 Å². The summed E-state index contributed by atoms with van der Waals surface area (Å²) in [7, 11) is 1.67. The van der Waals surface area contributed by atoms with E-state index >= 15 is 0 Å². The zero-order chi connectivity index (χ0) is 13.8. The number of aromatic nitrogens is 1. The minimum Gasteiger partial charge on any atom is -0.334 e. The van der Waals surface area contributed by atoms with Crippen LogP contribution in [0.2, 0.25) is 0 Å². The van der Waals surface area contributed by atoms with Crippen molar-refractivity contribution < 1.29 is 4.79 Å². The largest absolute Gasteiger partial charge is 0.334 e. The molecular formula is C14H21N3O2. The fourth-order valence-electron chi connectivity index (χ4n) is 2.51. The number of rotatable bonds is 4. The molecule has 0 aliphatic carbocycles. The molecule has 1 saturated heterocycles. The Morgan fingerprint density at radius 1 is 1.58 bits per heavy atom. The first-order chi connectivity index (χ1) is 9.15. The minimum atomic E-state index is -0.223. The molecule has 104 valence electrons. The van der Waals surface area contributed by atoms with Crippen LogP contribution in [0, 0.1) is 0 Å². The van der Waals surface area contributed by atoms with E-state index < -0.39 is 0 Å². The van der Waals surface area contributed by atoms with Crippen molar-refractivity contribution in [2.24, 2.45) is 7.05 Å². The van der Waals surface area contributed by atoms with E-state index in [1.165, 1.54) is 4.57 Å².